The molecule has 0 atom stereocenters. The normalized spacial score (nSPS) is 19.0. The Labute approximate surface area is 139 Å². The van der Waals surface area contributed by atoms with Gasteiger partial charge in [0.2, 0.25) is 0 Å². The molecule has 0 saturated carbocycles. The third kappa shape index (κ3) is 3.62. The molecule has 0 unspecified atom stereocenters. The molecule has 0 aromatic heterocycles. The zero-order valence-electron chi connectivity index (χ0n) is 14.8. The molecule has 0 spiro atoms. The molecule has 4 heteroatoms. The number of likely N-dealkylation sites (tertiary alicyclic amines) is 1. The summed E-state index contributed by atoms with van der Waals surface area (Å²) in [5, 5.41) is 0. The molecule has 0 N–H and O–H groups in total. The van der Waals surface area contributed by atoms with Crippen LogP contribution in [0.2, 0.25) is 0 Å². The number of benzene rings is 1. The summed E-state index contributed by atoms with van der Waals surface area (Å²) < 4.78 is 5.48. The van der Waals surface area contributed by atoms with Crippen LogP contribution in [0.25, 0.3) is 0 Å². The van der Waals surface area contributed by atoms with Gasteiger partial charge < -0.3 is 14.5 Å². The van der Waals surface area contributed by atoms with Crippen LogP contribution in [0, 0.1) is 6.92 Å². The highest BCUT2D eigenvalue weighted by Gasteiger charge is 2.32. The van der Waals surface area contributed by atoms with Crippen molar-refractivity contribution in [3.63, 3.8) is 0 Å². The van der Waals surface area contributed by atoms with Gasteiger partial charge >= 0.3 is 6.09 Å². The van der Waals surface area contributed by atoms with Gasteiger partial charge in [-0.2, -0.15) is 0 Å². The number of amides is 1. The number of fused-ring (bicyclic) bond motifs is 1. The molecular weight excluding hydrogens is 288 g/mol. The zero-order valence-corrected chi connectivity index (χ0v) is 14.8. The third-order valence-electron chi connectivity index (χ3n) is 4.72. The summed E-state index contributed by atoms with van der Waals surface area (Å²) in [5.74, 6) is 0. The van der Waals surface area contributed by atoms with Crippen molar-refractivity contribution in [2.75, 3.05) is 24.5 Å². The number of rotatable bonds is 1. The topological polar surface area (TPSA) is 32.8 Å². The Kier molecular flexibility index (Phi) is 4.26. The van der Waals surface area contributed by atoms with Crippen LogP contribution in [-0.2, 0) is 11.2 Å². The average Bonchev–Trinajstić information content (AvgIpc) is 2.88. The molecule has 2 aliphatic heterocycles. The Hall–Kier alpha value is -1.71. The van der Waals surface area contributed by atoms with Crippen LogP contribution in [0.5, 0.6) is 0 Å². The van der Waals surface area contributed by atoms with Crippen molar-refractivity contribution in [1.82, 2.24) is 4.90 Å². The predicted molar refractivity (Wildman–Crippen MR) is 93.1 cm³/mol. The second-order valence-electron chi connectivity index (χ2n) is 7.77. The van der Waals surface area contributed by atoms with E-state index in [1.807, 2.05) is 25.7 Å². The highest BCUT2D eigenvalue weighted by Crippen LogP contribution is 2.33. The van der Waals surface area contributed by atoms with Crippen LogP contribution >= 0.6 is 0 Å². The molecule has 23 heavy (non-hydrogen) atoms. The highest BCUT2D eigenvalue weighted by atomic mass is 16.6. The predicted octanol–water partition coefficient (Wildman–Crippen LogP) is 3.76. The minimum Gasteiger partial charge on any atom is -0.444 e. The lowest BCUT2D eigenvalue weighted by Gasteiger charge is -2.38. The minimum absolute atomic E-state index is 0.173. The molecule has 126 valence electrons. The van der Waals surface area contributed by atoms with Crippen molar-refractivity contribution in [2.24, 2.45) is 0 Å². The van der Waals surface area contributed by atoms with Gasteiger partial charge in [0.25, 0.3) is 0 Å². The third-order valence-corrected chi connectivity index (χ3v) is 4.72. The molecule has 1 aromatic carbocycles. The molecule has 4 nitrogen and oxygen atoms in total. The summed E-state index contributed by atoms with van der Waals surface area (Å²) in [7, 11) is 0. The summed E-state index contributed by atoms with van der Waals surface area (Å²) in [6.45, 7) is 10.6. The zero-order chi connectivity index (χ0) is 16.6. The fourth-order valence-electron chi connectivity index (χ4n) is 3.62. The smallest absolute Gasteiger partial charge is 0.410 e. The number of nitrogens with zero attached hydrogens (tertiary/aromatic N) is 2. The molecule has 0 radical (unpaired) electrons. The number of aryl methyl sites for hydroxylation is 1. The molecule has 0 bridgehead atoms. The molecule has 1 amide bonds. The van der Waals surface area contributed by atoms with Gasteiger partial charge in [0.1, 0.15) is 5.60 Å². The molecule has 1 aromatic rings. The fourth-order valence-corrected chi connectivity index (χ4v) is 3.62. The van der Waals surface area contributed by atoms with E-state index in [0.717, 1.165) is 38.9 Å². The number of carbonyl (C=O) groups is 1. The van der Waals surface area contributed by atoms with Crippen LogP contribution < -0.4 is 4.90 Å². The van der Waals surface area contributed by atoms with Gasteiger partial charge in [0.15, 0.2) is 0 Å². The Balaban J connectivity index is 1.59. The highest BCUT2D eigenvalue weighted by molar-refractivity contribution is 5.68. The Morgan fingerprint density at radius 3 is 2.52 bits per heavy atom. The van der Waals surface area contributed by atoms with E-state index in [-0.39, 0.29) is 6.09 Å². The number of ether oxygens (including phenoxy) is 1. The fraction of sp³-hybridized carbons (Fsp3) is 0.632. The number of piperidine rings is 1. The second-order valence-corrected chi connectivity index (χ2v) is 7.77. The largest absolute Gasteiger partial charge is 0.444 e. The molecule has 2 aliphatic rings. The van der Waals surface area contributed by atoms with Crippen LogP contribution in [0.3, 0.4) is 0 Å². The first-order valence-electron chi connectivity index (χ1n) is 8.67. The van der Waals surface area contributed by atoms with Gasteiger partial charge in [0, 0.05) is 31.4 Å². The van der Waals surface area contributed by atoms with Gasteiger partial charge in [-0.05, 0) is 58.6 Å². The summed E-state index contributed by atoms with van der Waals surface area (Å²) >= 11 is 0. The quantitative estimate of drug-likeness (QED) is 0.791. The van der Waals surface area contributed by atoms with Gasteiger partial charge in [-0.15, -0.1) is 0 Å². The second kappa shape index (κ2) is 6.06. The van der Waals surface area contributed by atoms with E-state index in [4.69, 9.17) is 4.74 Å². The summed E-state index contributed by atoms with van der Waals surface area (Å²) in [5.41, 5.74) is 3.79. The van der Waals surface area contributed by atoms with Gasteiger partial charge in [-0.3, -0.25) is 0 Å². The lowest BCUT2D eigenvalue weighted by molar-refractivity contribution is 0.0205. The van der Waals surface area contributed by atoms with Crippen molar-refractivity contribution in [2.45, 2.75) is 58.6 Å². The van der Waals surface area contributed by atoms with E-state index in [0.29, 0.717) is 6.04 Å². The number of hydrogen-bond acceptors (Lipinski definition) is 3. The Bertz CT molecular complexity index is 584. The van der Waals surface area contributed by atoms with E-state index in [1.54, 1.807) is 0 Å². The SMILES string of the molecule is Cc1ccc2c(c1)CCN2C1CCN(C(=O)OC(C)(C)C)CC1. The lowest BCUT2D eigenvalue weighted by atomic mass is 10.0. The van der Waals surface area contributed by atoms with Crippen molar-refractivity contribution in [1.29, 1.82) is 0 Å². The lowest BCUT2D eigenvalue weighted by Crippen LogP contribution is -2.47. The molecule has 2 heterocycles. The summed E-state index contributed by atoms with van der Waals surface area (Å²) in [4.78, 5) is 16.6. The van der Waals surface area contributed by atoms with Crippen molar-refractivity contribution < 1.29 is 9.53 Å². The first kappa shape index (κ1) is 16.2. The van der Waals surface area contributed by atoms with Gasteiger partial charge in [-0.1, -0.05) is 17.7 Å². The van der Waals surface area contributed by atoms with Crippen LogP contribution in [0.1, 0.15) is 44.7 Å². The summed E-state index contributed by atoms with van der Waals surface area (Å²) in [6, 6.07) is 7.31. The number of hydrogen-bond donors (Lipinski definition) is 0. The van der Waals surface area contributed by atoms with E-state index >= 15 is 0 Å². The van der Waals surface area contributed by atoms with E-state index in [9.17, 15) is 4.79 Å². The van der Waals surface area contributed by atoms with Crippen molar-refractivity contribution in [3.05, 3.63) is 29.3 Å². The number of carbonyl (C=O) groups excluding carboxylic acids is 1. The Morgan fingerprint density at radius 2 is 1.87 bits per heavy atom. The van der Waals surface area contributed by atoms with Crippen LogP contribution in [0.4, 0.5) is 10.5 Å². The maximum Gasteiger partial charge on any atom is 0.410 e. The van der Waals surface area contributed by atoms with Crippen molar-refractivity contribution >= 4 is 11.8 Å². The van der Waals surface area contributed by atoms with Gasteiger partial charge in [-0.25, -0.2) is 4.79 Å². The Morgan fingerprint density at radius 1 is 1.17 bits per heavy atom. The first-order valence-corrected chi connectivity index (χ1v) is 8.67. The van der Waals surface area contributed by atoms with Crippen LogP contribution in [-0.4, -0.2) is 42.3 Å². The maximum absolute atomic E-state index is 12.2. The van der Waals surface area contributed by atoms with E-state index in [1.165, 1.54) is 16.8 Å². The summed E-state index contributed by atoms with van der Waals surface area (Å²) in [6.07, 6.45) is 3.01. The average molecular weight is 316 g/mol. The standard InChI is InChI=1S/C19H28N2O2/c1-14-5-6-17-15(13-14)7-12-21(17)16-8-10-20(11-9-16)18(22)23-19(2,3)4/h5-6,13,16H,7-12H2,1-4H3. The van der Waals surface area contributed by atoms with E-state index < -0.39 is 5.60 Å². The first-order chi connectivity index (χ1) is 10.8. The monoisotopic (exact) mass is 316 g/mol. The number of anilines is 1. The van der Waals surface area contributed by atoms with Gasteiger partial charge in [0.05, 0.1) is 0 Å². The molecule has 1 fully saturated rings. The minimum atomic E-state index is -0.417. The van der Waals surface area contributed by atoms with Crippen LogP contribution in [0.15, 0.2) is 18.2 Å². The van der Waals surface area contributed by atoms with E-state index in [2.05, 4.69) is 30.0 Å². The molecular formula is C19H28N2O2. The maximum atomic E-state index is 12.2. The van der Waals surface area contributed by atoms with Crippen molar-refractivity contribution in [3.8, 4) is 0 Å². The molecule has 3 rings (SSSR count). The molecule has 1 saturated heterocycles. The molecule has 0 aliphatic carbocycles.